The molecule has 4 heterocycles. The minimum atomic E-state index is -0.711. The number of hydrogen-bond acceptors (Lipinski definition) is 7. The number of ether oxygens (including phenoxy) is 2. The molecular formula is C30H25ClF3N5O4. The molecule has 1 aliphatic rings. The summed E-state index contributed by atoms with van der Waals surface area (Å²) in [5.41, 5.74) is -0.425. The van der Waals surface area contributed by atoms with Crippen molar-refractivity contribution >= 4 is 11.6 Å². The number of aromatic nitrogens is 5. The fourth-order valence-corrected chi connectivity index (χ4v) is 5.20. The number of nitrogens with zero attached hydrogens (tertiary/aromatic N) is 4. The average Bonchev–Trinajstić information content (AvgIpc) is 3.67. The van der Waals surface area contributed by atoms with Crippen molar-refractivity contribution in [1.82, 2.24) is 24.9 Å². The van der Waals surface area contributed by atoms with Crippen LogP contribution in [0.3, 0.4) is 0 Å². The molecule has 3 aromatic heterocycles. The van der Waals surface area contributed by atoms with Crippen molar-refractivity contribution in [3.05, 3.63) is 104 Å². The molecule has 0 saturated carbocycles. The van der Waals surface area contributed by atoms with E-state index < -0.39 is 23.0 Å². The highest BCUT2D eigenvalue weighted by Crippen LogP contribution is 2.40. The van der Waals surface area contributed by atoms with Gasteiger partial charge in [-0.3, -0.25) is 4.79 Å². The summed E-state index contributed by atoms with van der Waals surface area (Å²) in [7, 11) is 0. The van der Waals surface area contributed by atoms with Gasteiger partial charge in [-0.2, -0.15) is 5.16 Å². The number of hydrogen-bond donors (Lipinski definition) is 1. The van der Waals surface area contributed by atoms with E-state index in [1.807, 2.05) is 13.8 Å². The van der Waals surface area contributed by atoms with Gasteiger partial charge in [0.15, 0.2) is 0 Å². The van der Waals surface area contributed by atoms with Crippen LogP contribution >= 0.6 is 11.6 Å². The number of pyridine rings is 1. The Hall–Kier alpha value is -4.42. The zero-order valence-corrected chi connectivity index (χ0v) is 23.8. The minimum Gasteiger partial charge on any atom is -0.473 e. The third-order valence-corrected chi connectivity index (χ3v) is 7.58. The van der Waals surface area contributed by atoms with E-state index >= 15 is 8.78 Å². The normalized spacial score (nSPS) is 16.1. The molecule has 43 heavy (non-hydrogen) atoms. The Labute approximate surface area is 248 Å². The Kier molecular flexibility index (Phi) is 7.57. The summed E-state index contributed by atoms with van der Waals surface area (Å²) < 4.78 is 63.4. The van der Waals surface area contributed by atoms with E-state index in [1.165, 1.54) is 36.4 Å². The van der Waals surface area contributed by atoms with E-state index in [4.69, 9.17) is 25.6 Å². The van der Waals surface area contributed by atoms with Crippen LogP contribution in [0.25, 0.3) is 22.8 Å². The van der Waals surface area contributed by atoms with Crippen molar-refractivity contribution in [2.24, 2.45) is 5.41 Å². The Balaban J connectivity index is 1.28. The largest absolute Gasteiger partial charge is 0.473 e. The van der Waals surface area contributed by atoms with Crippen molar-refractivity contribution in [2.45, 2.75) is 32.9 Å². The van der Waals surface area contributed by atoms with E-state index in [0.717, 1.165) is 12.1 Å². The molecule has 222 valence electrons. The zero-order chi connectivity index (χ0) is 30.3. The lowest BCUT2D eigenvalue weighted by Gasteiger charge is -2.27. The quantitative estimate of drug-likeness (QED) is 0.225. The van der Waals surface area contributed by atoms with E-state index in [-0.39, 0.29) is 69.4 Å². The molecule has 1 saturated heterocycles. The maximum atomic E-state index is 15.5. The van der Waals surface area contributed by atoms with Gasteiger partial charge in [0.2, 0.25) is 17.5 Å². The molecule has 1 aliphatic heterocycles. The first-order chi connectivity index (χ1) is 20.6. The van der Waals surface area contributed by atoms with Gasteiger partial charge < -0.3 is 18.6 Å². The van der Waals surface area contributed by atoms with Crippen molar-refractivity contribution < 1.29 is 27.2 Å². The summed E-state index contributed by atoms with van der Waals surface area (Å²) in [6.45, 7) is 4.69. The highest BCUT2D eigenvalue weighted by Gasteiger charge is 2.40. The van der Waals surface area contributed by atoms with Gasteiger partial charge in [0.05, 0.1) is 31.0 Å². The molecule has 0 amide bonds. The fraction of sp³-hybridized carbons (Fsp3) is 0.267. The van der Waals surface area contributed by atoms with E-state index in [9.17, 15) is 9.18 Å². The number of aromatic amines is 1. The molecule has 0 spiro atoms. The maximum Gasteiger partial charge on any atom is 0.280 e. The van der Waals surface area contributed by atoms with Crippen molar-refractivity contribution in [1.29, 1.82) is 0 Å². The first kappa shape index (κ1) is 28.7. The number of rotatable bonds is 8. The van der Waals surface area contributed by atoms with E-state index in [2.05, 4.69) is 20.3 Å². The molecule has 1 N–H and O–H groups in total. The zero-order valence-electron chi connectivity index (χ0n) is 23.0. The van der Waals surface area contributed by atoms with Crippen molar-refractivity contribution in [3.63, 3.8) is 0 Å². The van der Waals surface area contributed by atoms with Gasteiger partial charge in [0.25, 0.3) is 5.56 Å². The first-order valence-corrected chi connectivity index (χ1v) is 13.7. The van der Waals surface area contributed by atoms with Crippen LogP contribution in [0.5, 0.6) is 5.88 Å². The van der Waals surface area contributed by atoms with Crippen LogP contribution in [-0.2, 0) is 17.8 Å². The number of benzene rings is 2. The lowest BCUT2D eigenvalue weighted by molar-refractivity contribution is 0.166. The number of H-pyrrole nitrogens is 1. The van der Waals surface area contributed by atoms with Crippen LogP contribution in [0.4, 0.5) is 13.2 Å². The predicted octanol–water partition coefficient (Wildman–Crippen LogP) is 6.13. The van der Waals surface area contributed by atoms with Crippen molar-refractivity contribution in [2.75, 3.05) is 13.2 Å². The monoisotopic (exact) mass is 611 g/mol. The van der Waals surface area contributed by atoms with Crippen LogP contribution < -0.4 is 10.3 Å². The van der Waals surface area contributed by atoms with Gasteiger partial charge in [-0.25, -0.2) is 18.2 Å². The summed E-state index contributed by atoms with van der Waals surface area (Å²) in [4.78, 5) is 16.0. The van der Waals surface area contributed by atoms with Crippen LogP contribution in [0.2, 0.25) is 5.02 Å². The molecule has 0 aliphatic carbocycles. The number of nitrogens with one attached hydrogen (secondary N) is 1. The van der Waals surface area contributed by atoms with Gasteiger partial charge in [0, 0.05) is 34.1 Å². The molecule has 0 radical (unpaired) electrons. The van der Waals surface area contributed by atoms with Crippen LogP contribution in [0, 0.1) is 22.9 Å². The fourth-order valence-electron chi connectivity index (χ4n) is 5.04. The van der Waals surface area contributed by atoms with Crippen molar-refractivity contribution in [3.8, 4) is 28.7 Å². The lowest BCUT2D eigenvalue weighted by atomic mass is 9.87. The molecule has 9 nitrogen and oxygen atoms in total. The SMILES string of the molecule is CC1(C)COC[C@@H]1n1c(Cc2cc(F)c(-c3cccc(OCc4ccc(Cl)cc4F)n3)cc2F)nnc1-c1cc(=O)[nH]o1. The van der Waals surface area contributed by atoms with E-state index in [0.29, 0.717) is 19.0 Å². The lowest BCUT2D eigenvalue weighted by Crippen LogP contribution is -2.27. The molecular weight excluding hydrogens is 587 g/mol. The standard InChI is InChI=1S/C30H25ClF3N5O4/c1-30(2)15-41-14-25(30)39-26(36-37-29(39)24-12-27(40)38-43-24)9-17-8-22(34)19(11-21(17)33)23-4-3-5-28(35-23)42-13-16-6-7-18(31)10-20(16)32/h3-8,10-12,25H,9,13-15H2,1-2H3,(H,38,40)/t25-/m0/s1. The van der Waals surface area contributed by atoms with Gasteiger partial charge >= 0.3 is 0 Å². The summed E-state index contributed by atoms with van der Waals surface area (Å²) in [6, 6.07) is 12.0. The van der Waals surface area contributed by atoms with Crippen LogP contribution in [0.15, 0.2) is 63.9 Å². The Morgan fingerprint density at radius 2 is 1.86 bits per heavy atom. The highest BCUT2D eigenvalue weighted by atomic mass is 35.5. The molecule has 6 rings (SSSR count). The predicted molar refractivity (Wildman–Crippen MR) is 150 cm³/mol. The Morgan fingerprint density at radius 1 is 1.05 bits per heavy atom. The summed E-state index contributed by atoms with van der Waals surface area (Å²) >= 11 is 5.80. The maximum absolute atomic E-state index is 15.5. The summed E-state index contributed by atoms with van der Waals surface area (Å²) in [5.74, 6) is -1.03. The first-order valence-electron chi connectivity index (χ1n) is 13.3. The second-order valence-electron chi connectivity index (χ2n) is 10.9. The minimum absolute atomic E-state index is 0.0410. The van der Waals surface area contributed by atoms with Crippen LogP contribution in [-0.4, -0.2) is 38.1 Å². The van der Waals surface area contributed by atoms with Crippen LogP contribution in [0.1, 0.15) is 36.8 Å². The molecule has 2 aromatic carbocycles. The Morgan fingerprint density at radius 3 is 2.58 bits per heavy atom. The van der Waals surface area contributed by atoms with Gasteiger partial charge in [0.1, 0.15) is 29.9 Å². The number of halogens is 4. The van der Waals surface area contributed by atoms with Gasteiger partial charge in [-0.05, 0) is 35.9 Å². The molecule has 5 aromatic rings. The average molecular weight is 612 g/mol. The molecule has 1 atom stereocenters. The molecule has 1 fully saturated rings. The topological polar surface area (TPSA) is 108 Å². The molecule has 13 heteroatoms. The second-order valence-corrected chi connectivity index (χ2v) is 11.3. The van der Waals surface area contributed by atoms with E-state index in [1.54, 1.807) is 10.6 Å². The smallest absolute Gasteiger partial charge is 0.280 e. The molecule has 0 unspecified atom stereocenters. The van der Waals surface area contributed by atoms with Gasteiger partial charge in [-0.1, -0.05) is 37.6 Å². The third-order valence-electron chi connectivity index (χ3n) is 7.35. The molecule has 0 bridgehead atoms. The summed E-state index contributed by atoms with van der Waals surface area (Å²) in [6.07, 6.45) is -0.0967. The Bertz CT molecular complexity index is 1870. The highest BCUT2D eigenvalue weighted by molar-refractivity contribution is 6.30. The summed E-state index contributed by atoms with van der Waals surface area (Å²) in [5, 5.41) is 11.0. The third kappa shape index (κ3) is 5.80. The van der Waals surface area contributed by atoms with Gasteiger partial charge in [-0.15, -0.1) is 10.2 Å². The second kappa shape index (κ2) is 11.3.